The van der Waals surface area contributed by atoms with E-state index < -0.39 is 5.97 Å². The third kappa shape index (κ3) is 6.10. The largest absolute Gasteiger partial charge is 0.460 e. The first kappa shape index (κ1) is 21.4. The summed E-state index contributed by atoms with van der Waals surface area (Å²) in [4.78, 5) is 16.8. The highest BCUT2D eigenvalue weighted by molar-refractivity contribution is 6.36. The molecule has 29 heavy (non-hydrogen) atoms. The highest BCUT2D eigenvalue weighted by Gasteiger charge is 2.25. The predicted octanol–water partition coefficient (Wildman–Crippen LogP) is 4.10. The van der Waals surface area contributed by atoms with Gasteiger partial charge in [-0.05, 0) is 30.7 Å². The van der Waals surface area contributed by atoms with Crippen LogP contribution < -0.4 is 5.43 Å². The Bertz CT molecular complexity index is 853. The molecular weight excluding hydrogens is 411 g/mol. The van der Waals surface area contributed by atoms with Gasteiger partial charge in [-0.2, -0.15) is 0 Å². The molecule has 1 N–H and O–H groups in total. The second kappa shape index (κ2) is 10.5. The average Bonchev–Trinajstić information content (AvgIpc) is 2.73. The van der Waals surface area contributed by atoms with Crippen LogP contribution in [0, 0.1) is 0 Å². The van der Waals surface area contributed by atoms with Crippen LogP contribution in [-0.4, -0.2) is 54.4 Å². The number of hydrogen-bond acceptors (Lipinski definition) is 5. The maximum absolute atomic E-state index is 12.5. The van der Waals surface area contributed by atoms with E-state index in [0.29, 0.717) is 28.8 Å². The fourth-order valence-electron chi connectivity index (χ4n) is 3.10. The number of benzene rings is 2. The van der Waals surface area contributed by atoms with E-state index in [-0.39, 0.29) is 12.4 Å². The van der Waals surface area contributed by atoms with Crippen molar-refractivity contribution in [2.45, 2.75) is 13.5 Å². The number of hydrogen-bond donors (Lipinski definition) is 1. The van der Waals surface area contributed by atoms with Crippen LogP contribution in [-0.2, 0) is 16.1 Å². The molecule has 154 valence electrons. The van der Waals surface area contributed by atoms with Gasteiger partial charge in [-0.15, -0.1) is 5.10 Å². The van der Waals surface area contributed by atoms with Crippen molar-refractivity contribution in [3.05, 3.63) is 64.1 Å². The molecule has 1 aliphatic heterocycles. The molecule has 0 radical (unpaired) electrons. The fraction of sp³-hybridized carbons (Fsp3) is 0.333. The van der Waals surface area contributed by atoms with Gasteiger partial charge in [0, 0.05) is 37.7 Å². The summed E-state index contributed by atoms with van der Waals surface area (Å²) >= 11 is 12.2. The highest BCUT2D eigenvalue weighted by Crippen LogP contribution is 2.25. The molecule has 0 spiro atoms. The third-order valence-corrected chi connectivity index (χ3v) is 5.15. The summed E-state index contributed by atoms with van der Waals surface area (Å²) in [6.07, 6.45) is 0. The normalized spacial score (nSPS) is 15.3. The second-order valence-electron chi connectivity index (χ2n) is 6.64. The van der Waals surface area contributed by atoms with Gasteiger partial charge in [-0.3, -0.25) is 10.3 Å². The molecule has 0 unspecified atom stereocenters. The van der Waals surface area contributed by atoms with Crippen molar-refractivity contribution in [1.82, 2.24) is 9.80 Å². The van der Waals surface area contributed by atoms with Crippen molar-refractivity contribution >= 4 is 40.7 Å². The number of hydrazone groups is 1. The number of halogens is 2. The van der Waals surface area contributed by atoms with Gasteiger partial charge < -0.3 is 9.64 Å². The first-order chi connectivity index (χ1) is 14.1. The summed E-state index contributed by atoms with van der Waals surface area (Å²) < 4.78 is 5.20. The number of anilines is 1. The minimum absolute atomic E-state index is 0.238. The van der Waals surface area contributed by atoms with Crippen molar-refractivity contribution in [3.8, 4) is 0 Å². The molecule has 8 heteroatoms. The Hall–Kier alpha value is -2.28. The lowest BCUT2D eigenvalue weighted by Crippen LogP contribution is -2.50. The van der Waals surface area contributed by atoms with E-state index in [0.717, 1.165) is 19.6 Å². The maximum Gasteiger partial charge on any atom is 0.375 e. The van der Waals surface area contributed by atoms with Gasteiger partial charge in [0.05, 0.1) is 17.3 Å². The SMILES string of the molecule is CCOC(=O)/C(=N\Nc1cc(Cl)ccc1Cl)N1CCN(Cc2ccccc2)CC1. The van der Waals surface area contributed by atoms with Crippen LogP contribution >= 0.6 is 23.2 Å². The van der Waals surface area contributed by atoms with Crippen LogP contribution in [0.15, 0.2) is 53.6 Å². The topological polar surface area (TPSA) is 57.2 Å². The molecule has 1 saturated heterocycles. The molecule has 1 fully saturated rings. The first-order valence-electron chi connectivity index (χ1n) is 9.54. The van der Waals surface area contributed by atoms with E-state index in [1.807, 2.05) is 23.1 Å². The van der Waals surface area contributed by atoms with Crippen molar-refractivity contribution in [3.63, 3.8) is 0 Å². The Morgan fingerprint density at radius 1 is 1.10 bits per heavy atom. The smallest absolute Gasteiger partial charge is 0.375 e. The van der Waals surface area contributed by atoms with Crippen LogP contribution in [0.1, 0.15) is 12.5 Å². The number of carbonyl (C=O) groups excluding carboxylic acids is 1. The molecular formula is C21H24Cl2N4O2. The molecule has 0 atom stereocenters. The summed E-state index contributed by atoms with van der Waals surface area (Å²) in [5.41, 5.74) is 4.66. The van der Waals surface area contributed by atoms with E-state index >= 15 is 0 Å². The van der Waals surface area contributed by atoms with Gasteiger partial charge in [0.2, 0.25) is 5.84 Å². The van der Waals surface area contributed by atoms with Gasteiger partial charge in [-0.1, -0.05) is 53.5 Å². The lowest BCUT2D eigenvalue weighted by Gasteiger charge is -2.35. The fourth-order valence-corrected chi connectivity index (χ4v) is 3.43. The van der Waals surface area contributed by atoms with Crippen LogP contribution in [0.4, 0.5) is 5.69 Å². The Kier molecular flexibility index (Phi) is 7.75. The van der Waals surface area contributed by atoms with Gasteiger partial charge in [0.15, 0.2) is 0 Å². The summed E-state index contributed by atoms with van der Waals surface area (Å²) in [6.45, 7) is 5.94. The number of ether oxygens (including phenoxy) is 1. The molecule has 0 aliphatic carbocycles. The molecule has 3 rings (SSSR count). The molecule has 1 aliphatic rings. The number of carbonyl (C=O) groups is 1. The van der Waals surface area contributed by atoms with Crippen LogP contribution in [0.2, 0.25) is 10.0 Å². The van der Waals surface area contributed by atoms with Crippen molar-refractivity contribution < 1.29 is 9.53 Å². The average molecular weight is 435 g/mol. The predicted molar refractivity (Wildman–Crippen MR) is 117 cm³/mol. The number of nitrogens with one attached hydrogen (secondary N) is 1. The number of piperazine rings is 1. The maximum atomic E-state index is 12.5. The lowest BCUT2D eigenvalue weighted by molar-refractivity contribution is -0.136. The summed E-state index contributed by atoms with van der Waals surface area (Å²) in [5.74, 6) is -0.225. The summed E-state index contributed by atoms with van der Waals surface area (Å²) in [6, 6.07) is 15.4. The van der Waals surface area contributed by atoms with Crippen molar-refractivity contribution in [1.29, 1.82) is 0 Å². The number of esters is 1. The first-order valence-corrected chi connectivity index (χ1v) is 10.3. The summed E-state index contributed by atoms with van der Waals surface area (Å²) in [5, 5.41) is 5.30. The van der Waals surface area contributed by atoms with Crippen molar-refractivity contribution in [2.24, 2.45) is 5.10 Å². The monoisotopic (exact) mass is 434 g/mol. The number of rotatable bonds is 5. The molecule has 2 aromatic carbocycles. The van der Waals surface area contributed by atoms with Crippen LogP contribution in [0.25, 0.3) is 0 Å². The van der Waals surface area contributed by atoms with E-state index in [2.05, 4.69) is 27.6 Å². The van der Waals surface area contributed by atoms with E-state index in [1.165, 1.54) is 5.56 Å². The third-order valence-electron chi connectivity index (χ3n) is 4.59. The molecule has 0 amide bonds. The van der Waals surface area contributed by atoms with Gasteiger partial charge in [0.25, 0.3) is 0 Å². The summed E-state index contributed by atoms with van der Waals surface area (Å²) in [7, 11) is 0. The lowest BCUT2D eigenvalue weighted by atomic mass is 10.2. The quantitative estimate of drug-likeness (QED) is 0.332. The zero-order chi connectivity index (χ0) is 20.6. The molecule has 6 nitrogen and oxygen atoms in total. The Balaban J connectivity index is 1.67. The molecule has 0 bridgehead atoms. The minimum Gasteiger partial charge on any atom is -0.460 e. The molecule has 0 aromatic heterocycles. The zero-order valence-corrected chi connectivity index (χ0v) is 17.8. The van der Waals surface area contributed by atoms with E-state index in [4.69, 9.17) is 27.9 Å². The van der Waals surface area contributed by atoms with Gasteiger partial charge in [-0.25, -0.2) is 4.79 Å². The standard InChI is InChI=1S/C21H24Cl2N4O2/c1-2-29-21(28)20(25-24-19-14-17(22)8-9-18(19)23)27-12-10-26(11-13-27)15-16-6-4-3-5-7-16/h3-9,14,24H,2,10-13,15H2,1H3/b25-20+. The molecule has 1 heterocycles. The number of nitrogens with zero attached hydrogens (tertiary/aromatic N) is 3. The Labute approximate surface area is 181 Å². The number of amidine groups is 1. The molecule has 2 aromatic rings. The van der Waals surface area contributed by atoms with E-state index in [9.17, 15) is 4.79 Å². The highest BCUT2D eigenvalue weighted by atomic mass is 35.5. The Morgan fingerprint density at radius 3 is 2.52 bits per heavy atom. The van der Waals surface area contributed by atoms with Gasteiger partial charge >= 0.3 is 5.97 Å². The Morgan fingerprint density at radius 2 is 1.83 bits per heavy atom. The molecule has 0 saturated carbocycles. The minimum atomic E-state index is -0.463. The van der Waals surface area contributed by atoms with Gasteiger partial charge in [0.1, 0.15) is 0 Å². The second-order valence-corrected chi connectivity index (χ2v) is 7.48. The van der Waals surface area contributed by atoms with Crippen LogP contribution in [0.5, 0.6) is 0 Å². The zero-order valence-electron chi connectivity index (χ0n) is 16.3. The van der Waals surface area contributed by atoms with E-state index in [1.54, 1.807) is 25.1 Å². The van der Waals surface area contributed by atoms with Crippen molar-refractivity contribution in [2.75, 3.05) is 38.2 Å². The van der Waals surface area contributed by atoms with Crippen LogP contribution in [0.3, 0.4) is 0 Å².